The molecular weight excluding hydrogens is 226 g/mol. The highest BCUT2D eigenvalue weighted by Crippen LogP contribution is 2.35. The van der Waals surface area contributed by atoms with E-state index in [0.717, 1.165) is 16.8 Å². The Morgan fingerprint density at radius 2 is 1.78 bits per heavy atom. The Kier molecular flexibility index (Phi) is 2.52. The number of aromatic hydroxyl groups is 1. The van der Waals surface area contributed by atoms with Gasteiger partial charge in [0.15, 0.2) is 0 Å². The van der Waals surface area contributed by atoms with Crippen LogP contribution in [0.3, 0.4) is 0 Å². The van der Waals surface area contributed by atoms with Crippen molar-refractivity contribution in [3.63, 3.8) is 0 Å². The minimum Gasteiger partial charge on any atom is -0.508 e. The van der Waals surface area contributed by atoms with Crippen molar-refractivity contribution < 1.29 is 9.90 Å². The average Bonchev–Trinajstić information content (AvgIpc) is 2.69. The standard InChI is InChI=1S/C15H13NO2/c17-14-8-4-1-5-10(14)9-12-11-6-2-3-7-13(11)16-15(12)18/h1-8,12,17H,9H2,(H,16,18). The maximum Gasteiger partial charge on any atom is 0.232 e. The summed E-state index contributed by atoms with van der Waals surface area (Å²) in [7, 11) is 0. The monoisotopic (exact) mass is 239 g/mol. The number of carbonyl (C=O) groups is 1. The van der Waals surface area contributed by atoms with Crippen LogP contribution in [0.1, 0.15) is 17.0 Å². The van der Waals surface area contributed by atoms with Gasteiger partial charge in [-0.05, 0) is 29.7 Å². The van der Waals surface area contributed by atoms with Gasteiger partial charge in [-0.25, -0.2) is 0 Å². The van der Waals surface area contributed by atoms with Crippen LogP contribution in [0.4, 0.5) is 5.69 Å². The molecule has 1 atom stereocenters. The molecule has 3 heteroatoms. The number of amides is 1. The fraction of sp³-hybridized carbons (Fsp3) is 0.133. The third-order valence-electron chi connectivity index (χ3n) is 3.33. The third kappa shape index (κ3) is 1.74. The Hall–Kier alpha value is -2.29. The Labute approximate surface area is 105 Å². The van der Waals surface area contributed by atoms with E-state index in [0.29, 0.717) is 6.42 Å². The van der Waals surface area contributed by atoms with E-state index in [-0.39, 0.29) is 17.6 Å². The molecule has 2 aromatic rings. The van der Waals surface area contributed by atoms with Crippen LogP contribution in [0, 0.1) is 0 Å². The van der Waals surface area contributed by atoms with Gasteiger partial charge in [0.25, 0.3) is 0 Å². The molecule has 0 saturated heterocycles. The summed E-state index contributed by atoms with van der Waals surface area (Å²) in [4.78, 5) is 12.0. The summed E-state index contributed by atoms with van der Waals surface area (Å²) in [6.07, 6.45) is 0.523. The van der Waals surface area contributed by atoms with Crippen LogP contribution in [-0.2, 0) is 11.2 Å². The lowest BCUT2D eigenvalue weighted by Gasteiger charge is -2.10. The second kappa shape index (κ2) is 4.18. The number of phenolic OH excluding ortho intramolecular Hbond substituents is 1. The lowest BCUT2D eigenvalue weighted by molar-refractivity contribution is -0.117. The fourth-order valence-electron chi connectivity index (χ4n) is 2.38. The molecule has 2 N–H and O–H groups in total. The van der Waals surface area contributed by atoms with Gasteiger partial charge < -0.3 is 10.4 Å². The van der Waals surface area contributed by atoms with E-state index in [1.54, 1.807) is 12.1 Å². The maximum atomic E-state index is 12.0. The second-order valence-corrected chi connectivity index (χ2v) is 4.46. The molecule has 0 aromatic heterocycles. The van der Waals surface area contributed by atoms with Gasteiger partial charge in [-0.1, -0.05) is 36.4 Å². The van der Waals surface area contributed by atoms with Gasteiger partial charge in [0.05, 0.1) is 5.92 Å². The van der Waals surface area contributed by atoms with Crippen molar-refractivity contribution in [1.82, 2.24) is 0 Å². The Bertz CT molecular complexity index is 607. The van der Waals surface area contributed by atoms with Crippen molar-refractivity contribution in [1.29, 1.82) is 0 Å². The Morgan fingerprint density at radius 1 is 1.06 bits per heavy atom. The number of benzene rings is 2. The van der Waals surface area contributed by atoms with Gasteiger partial charge >= 0.3 is 0 Å². The number of para-hydroxylation sites is 2. The van der Waals surface area contributed by atoms with Crippen LogP contribution in [0.2, 0.25) is 0 Å². The molecule has 0 bridgehead atoms. The molecule has 0 radical (unpaired) electrons. The molecule has 1 unspecified atom stereocenters. The molecule has 18 heavy (non-hydrogen) atoms. The van der Waals surface area contributed by atoms with E-state index in [9.17, 15) is 9.90 Å². The van der Waals surface area contributed by atoms with E-state index in [4.69, 9.17) is 0 Å². The van der Waals surface area contributed by atoms with Crippen LogP contribution in [0.5, 0.6) is 5.75 Å². The molecule has 2 aromatic carbocycles. The summed E-state index contributed by atoms with van der Waals surface area (Å²) in [5, 5.41) is 12.6. The van der Waals surface area contributed by atoms with Crippen molar-refractivity contribution in [2.75, 3.05) is 5.32 Å². The zero-order valence-electron chi connectivity index (χ0n) is 9.76. The summed E-state index contributed by atoms with van der Waals surface area (Å²) in [6.45, 7) is 0. The van der Waals surface area contributed by atoms with Gasteiger partial charge in [-0.3, -0.25) is 4.79 Å². The van der Waals surface area contributed by atoms with Crippen molar-refractivity contribution in [3.05, 3.63) is 59.7 Å². The quantitative estimate of drug-likeness (QED) is 0.846. The van der Waals surface area contributed by atoms with E-state index in [1.165, 1.54) is 0 Å². The SMILES string of the molecule is O=C1Nc2ccccc2C1Cc1ccccc1O. The first kappa shape index (κ1) is 10.8. The highest BCUT2D eigenvalue weighted by molar-refractivity contribution is 6.03. The largest absolute Gasteiger partial charge is 0.508 e. The Balaban J connectivity index is 1.94. The number of fused-ring (bicyclic) bond motifs is 1. The van der Waals surface area contributed by atoms with Crippen LogP contribution in [0.25, 0.3) is 0 Å². The van der Waals surface area contributed by atoms with E-state index in [2.05, 4.69) is 5.32 Å². The van der Waals surface area contributed by atoms with Crippen molar-refractivity contribution in [2.45, 2.75) is 12.3 Å². The summed E-state index contributed by atoms with van der Waals surface area (Å²) in [6, 6.07) is 14.8. The predicted molar refractivity (Wildman–Crippen MR) is 69.6 cm³/mol. The normalized spacial score (nSPS) is 17.3. The van der Waals surface area contributed by atoms with Gasteiger partial charge in [0, 0.05) is 5.69 Å². The lowest BCUT2D eigenvalue weighted by atomic mass is 9.93. The van der Waals surface area contributed by atoms with Gasteiger partial charge in [-0.15, -0.1) is 0 Å². The summed E-state index contributed by atoms with van der Waals surface area (Å²) >= 11 is 0. The number of carbonyl (C=O) groups excluding carboxylic acids is 1. The van der Waals surface area contributed by atoms with Crippen molar-refractivity contribution >= 4 is 11.6 Å². The second-order valence-electron chi connectivity index (χ2n) is 4.46. The van der Waals surface area contributed by atoms with Gasteiger partial charge in [-0.2, -0.15) is 0 Å². The van der Waals surface area contributed by atoms with Crippen LogP contribution < -0.4 is 5.32 Å². The molecule has 1 heterocycles. The Morgan fingerprint density at radius 3 is 2.61 bits per heavy atom. The number of phenols is 1. The summed E-state index contributed by atoms with van der Waals surface area (Å²) in [5.41, 5.74) is 2.68. The highest BCUT2D eigenvalue weighted by Gasteiger charge is 2.30. The average molecular weight is 239 g/mol. The zero-order chi connectivity index (χ0) is 12.5. The molecule has 3 rings (SSSR count). The molecule has 0 aliphatic carbocycles. The zero-order valence-corrected chi connectivity index (χ0v) is 9.76. The van der Waals surface area contributed by atoms with Crippen LogP contribution >= 0.6 is 0 Å². The fourth-order valence-corrected chi connectivity index (χ4v) is 2.38. The number of anilines is 1. The summed E-state index contributed by atoms with van der Waals surface area (Å²) in [5.74, 6) is 0.0311. The number of nitrogens with one attached hydrogen (secondary N) is 1. The highest BCUT2D eigenvalue weighted by atomic mass is 16.3. The smallest absolute Gasteiger partial charge is 0.232 e. The molecule has 1 aliphatic heterocycles. The lowest BCUT2D eigenvalue weighted by Crippen LogP contribution is -2.14. The number of hydrogen-bond donors (Lipinski definition) is 2. The van der Waals surface area contributed by atoms with E-state index < -0.39 is 0 Å². The molecule has 1 amide bonds. The first-order chi connectivity index (χ1) is 8.75. The molecule has 0 saturated carbocycles. The van der Waals surface area contributed by atoms with Gasteiger partial charge in [0.1, 0.15) is 5.75 Å². The van der Waals surface area contributed by atoms with Crippen molar-refractivity contribution in [2.24, 2.45) is 0 Å². The molecule has 1 aliphatic rings. The molecule has 0 fully saturated rings. The maximum absolute atomic E-state index is 12.0. The van der Waals surface area contributed by atoms with E-state index in [1.807, 2.05) is 36.4 Å². The van der Waals surface area contributed by atoms with E-state index >= 15 is 0 Å². The van der Waals surface area contributed by atoms with Crippen LogP contribution in [0.15, 0.2) is 48.5 Å². The summed E-state index contributed by atoms with van der Waals surface area (Å²) < 4.78 is 0. The number of rotatable bonds is 2. The molecule has 3 nitrogen and oxygen atoms in total. The van der Waals surface area contributed by atoms with Gasteiger partial charge in [0.2, 0.25) is 5.91 Å². The van der Waals surface area contributed by atoms with Crippen LogP contribution in [-0.4, -0.2) is 11.0 Å². The number of hydrogen-bond acceptors (Lipinski definition) is 2. The predicted octanol–water partition coefficient (Wildman–Crippen LogP) is 2.67. The minimum absolute atomic E-state index is 0.000506. The molecule has 90 valence electrons. The minimum atomic E-state index is -0.213. The molecule has 0 spiro atoms. The third-order valence-corrected chi connectivity index (χ3v) is 3.33. The molecular formula is C15H13NO2. The first-order valence-electron chi connectivity index (χ1n) is 5.92. The first-order valence-corrected chi connectivity index (χ1v) is 5.92. The van der Waals surface area contributed by atoms with Crippen molar-refractivity contribution in [3.8, 4) is 5.75 Å². The topological polar surface area (TPSA) is 49.3 Å².